The molecular weight excluding hydrogens is 474 g/mol. The number of nitrogens with zero attached hydrogens (tertiary/aromatic N) is 2. The normalized spacial score (nSPS) is 19.4. The maximum absolute atomic E-state index is 11.9. The summed E-state index contributed by atoms with van der Waals surface area (Å²) in [6, 6.07) is 5.98. The van der Waals surface area contributed by atoms with Gasteiger partial charge in [0.2, 0.25) is 5.91 Å². The van der Waals surface area contributed by atoms with Crippen LogP contribution in [0.2, 0.25) is 0 Å². The molecule has 1 amide bonds. The van der Waals surface area contributed by atoms with E-state index >= 15 is 0 Å². The molecule has 0 heterocycles. The molecule has 1 fully saturated rings. The number of carbonyl (C=O) groups is 1. The van der Waals surface area contributed by atoms with E-state index in [0.717, 1.165) is 57.9 Å². The van der Waals surface area contributed by atoms with Crippen molar-refractivity contribution >= 4 is 11.6 Å². The number of allylic oxidation sites excluding steroid dienone is 3. The number of rotatable bonds is 14. The summed E-state index contributed by atoms with van der Waals surface area (Å²) in [5, 5.41) is 20.9. The minimum Gasteiger partial charge on any atom is -0.506 e. The number of nitrogens with one attached hydrogen (secondary N) is 1. The van der Waals surface area contributed by atoms with E-state index in [0.29, 0.717) is 24.9 Å². The van der Waals surface area contributed by atoms with Crippen LogP contribution in [-0.2, 0) is 4.79 Å². The fourth-order valence-corrected chi connectivity index (χ4v) is 5.38. The van der Waals surface area contributed by atoms with Gasteiger partial charge in [-0.2, -0.15) is 0 Å². The van der Waals surface area contributed by atoms with Crippen LogP contribution in [0.25, 0.3) is 0 Å². The molecule has 6 nitrogen and oxygen atoms in total. The third kappa shape index (κ3) is 9.68. The lowest BCUT2D eigenvalue weighted by Crippen LogP contribution is -2.37. The Labute approximate surface area is 234 Å². The molecule has 1 aliphatic carbocycles. The first kappa shape index (κ1) is 33.6. The molecule has 3 N–H and O–H groups in total. The fraction of sp³-hybridized carbons (Fsp3) is 0.656. The van der Waals surface area contributed by atoms with Crippen molar-refractivity contribution in [3.05, 3.63) is 47.2 Å². The summed E-state index contributed by atoms with van der Waals surface area (Å²) in [6.45, 7) is 14.7. The molecule has 0 aliphatic heterocycles. The first-order valence-corrected chi connectivity index (χ1v) is 14.4. The van der Waals surface area contributed by atoms with Crippen LogP contribution in [0, 0.1) is 11.3 Å². The van der Waals surface area contributed by atoms with Crippen molar-refractivity contribution in [3.8, 4) is 5.75 Å². The molecule has 0 atom stereocenters. The molecule has 0 spiro atoms. The zero-order chi connectivity index (χ0) is 28.9. The van der Waals surface area contributed by atoms with Crippen molar-refractivity contribution in [2.45, 2.75) is 92.4 Å². The predicted octanol–water partition coefficient (Wildman–Crippen LogP) is 7.37. The van der Waals surface area contributed by atoms with Crippen molar-refractivity contribution in [1.82, 2.24) is 9.80 Å². The van der Waals surface area contributed by atoms with Gasteiger partial charge in [0.05, 0.1) is 12.4 Å². The van der Waals surface area contributed by atoms with Crippen LogP contribution in [0.1, 0.15) is 99.4 Å². The van der Waals surface area contributed by atoms with Crippen LogP contribution < -0.4 is 5.32 Å². The highest BCUT2D eigenvalue weighted by Gasteiger charge is 2.40. The first-order valence-electron chi connectivity index (χ1n) is 14.4. The van der Waals surface area contributed by atoms with Crippen LogP contribution in [-0.4, -0.2) is 60.3 Å². The van der Waals surface area contributed by atoms with Crippen molar-refractivity contribution in [1.29, 1.82) is 0 Å². The molecule has 0 bridgehead atoms. The molecule has 2 rings (SSSR count). The second-order valence-electron chi connectivity index (χ2n) is 11.1. The zero-order valence-electron chi connectivity index (χ0n) is 25.6. The van der Waals surface area contributed by atoms with E-state index in [9.17, 15) is 9.90 Å². The van der Waals surface area contributed by atoms with Crippen LogP contribution in [0.5, 0.6) is 5.75 Å². The summed E-state index contributed by atoms with van der Waals surface area (Å²) in [5.74, 6) is 1.61. The number of carbonyl (C=O) groups excluding carboxylic acids is 1. The van der Waals surface area contributed by atoms with Gasteiger partial charge in [0, 0.05) is 41.8 Å². The highest BCUT2D eigenvalue weighted by molar-refractivity contribution is 5.75. The zero-order valence-corrected chi connectivity index (χ0v) is 25.6. The molecule has 0 radical (unpaired) electrons. The maximum Gasteiger partial charge on any atom is 0.222 e. The SMILES string of the molecule is CCC(=O)N(C)CCC1(C)CC(c2ccc(O)c(NCN(C)/C=C\C(=C(/C)CC)C(CC)CC)c2)C1.CO.[HH]. The molecule has 0 unspecified atom stereocenters. The number of aliphatic hydroxyl groups is 1. The van der Waals surface area contributed by atoms with Gasteiger partial charge in [0.15, 0.2) is 0 Å². The van der Waals surface area contributed by atoms with E-state index in [1.54, 1.807) is 0 Å². The number of benzene rings is 1. The average molecular weight is 532 g/mol. The van der Waals surface area contributed by atoms with E-state index < -0.39 is 0 Å². The number of hydrogen-bond donors (Lipinski definition) is 3. The van der Waals surface area contributed by atoms with E-state index in [2.05, 4.69) is 76.3 Å². The monoisotopic (exact) mass is 531 g/mol. The quantitative estimate of drug-likeness (QED) is 0.133. The van der Waals surface area contributed by atoms with E-state index in [1.807, 2.05) is 24.9 Å². The molecule has 1 aromatic carbocycles. The highest BCUT2D eigenvalue weighted by atomic mass is 16.3. The van der Waals surface area contributed by atoms with Gasteiger partial charge in [-0.05, 0) is 92.0 Å². The second-order valence-corrected chi connectivity index (χ2v) is 11.1. The van der Waals surface area contributed by atoms with Crippen LogP contribution >= 0.6 is 0 Å². The summed E-state index contributed by atoms with van der Waals surface area (Å²) in [6.07, 6.45) is 11.7. The highest BCUT2D eigenvalue weighted by Crippen LogP contribution is 2.53. The number of phenols is 1. The Morgan fingerprint density at radius 1 is 1.16 bits per heavy atom. The predicted molar refractivity (Wildman–Crippen MR) is 163 cm³/mol. The fourth-order valence-electron chi connectivity index (χ4n) is 5.38. The minimum atomic E-state index is 0. The Kier molecular flexibility index (Phi) is 14.6. The summed E-state index contributed by atoms with van der Waals surface area (Å²) in [4.78, 5) is 15.9. The second kappa shape index (κ2) is 16.5. The minimum absolute atomic E-state index is 0. The number of aliphatic hydroxyl groups excluding tert-OH is 1. The summed E-state index contributed by atoms with van der Waals surface area (Å²) < 4.78 is 0. The van der Waals surface area contributed by atoms with Gasteiger partial charge >= 0.3 is 0 Å². The Hall–Kier alpha value is -2.47. The lowest BCUT2D eigenvalue weighted by atomic mass is 9.59. The average Bonchev–Trinajstić information content (AvgIpc) is 2.92. The molecule has 218 valence electrons. The molecule has 6 heteroatoms. The van der Waals surface area contributed by atoms with Gasteiger partial charge in [-0.1, -0.05) is 46.3 Å². The Morgan fingerprint density at radius 3 is 2.34 bits per heavy atom. The third-order valence-electron chi connectivity index (χ3n) is 8.23. The molecule has 38 heavy (non-hydrogen) atoms. The first-order chi connectivity index (χ1) is 18.1. The number of amides is 1. The summed E-state index contributed by atoms with van der Waals surface area (Å²) >= 11 is 0. The van der Waals surface area contributed by atoms with Gasteiger partial charge in [-0.15, -0.1) is 0 Å². The van der Waals surface area contributed by atoms with Crippen LogP contribution in [0.3, 0.4) is 0 Å². The molecular formula is C32H57N3O3. The van der Waals surface area contributed by atoms with Gasteiger partial charge in [0.25, 0.3) is 0 Å². The topological polar surface area (TPSA) is 76.0 Å². The lowest BCUT2D eigenvalue weighted by molar-refractivity contribution is -0.130. The van der Waals surface area contributed by atoms with E-state index in [1.165, 1.54) is 16.7 Å². The number of aromatic hydroxyl groups is 1. The standard InChI is InChI=1S/C31H51N3O2.CH4O.H2/c1-9-23(5)27(24(10-2)11-3)15-17-33(7)22-32-28-19-25(13-14-29(28)35)26-20-31(6,21-26)16-18-34(8)30(36)12-4;1-2;/h13-15,17,19,24,26,32,35H,9-12,16,18,20-22H2,1-8H3;2H,1H3;1H/b17-15-,27-23-;;. The van der Waals surface area contributed by atoms with Crippen molar-refractivity contribution < 1.29 is 16.4 Å². The number of hydrogen-bond acceptors (Lipinski definition) is 5. The van der Waals surface area contributed by atoms with Crippen molar-refractivity contribution in [3.63, 3.8) is 0 Å². The molecule has 0 saturated heterocycles. The van der Waals surface area contributed by atoms with Crippen LogP contribution in [0.4, 0.5) is 5.69 Å². The molecule has 1 aromatic rings. The maximum atomic E-state index is 11.9. The Morgan fingerprint density at radius 2 is 1.79 bits per heavy atom. The van der Waals surface area contributed by atoms with E-state index in [4.69, 9.17) is 5.11 Å². The smallest absolute Gasteiger partial charge is 0.222 e. The van der Waals surface area contributed by atoms with Gasteiger partial charge in [-0.25, -0.2) is 0 Å². The Bertz CT molecular complexity index is 921. The van der Waals surface area contributed by atoms with Crippen LogP contribution in [0.15, 0.2) is 41.6 Å². The van der Waals surface area contributed by atoms with Gasteiger partial charge in [0.1, 0.15) is 5.75 Å². The van der Waals surface area contributed by atoms with Gasteiger partial charge in [-0.3, -0.25) is 4.79 Å². The molecule has 0 aromatic heterocycles. The summed E-state index contributed by atoms with van der Waals surface area (Å²) in [5.41, 5.74) is 5.26. The number of anilines is 1. The summed E-state index contributed by atoms with van der Waals surface area (Å²) in [7, 11) is 4.97. The molecule has 1 saturated carbocycles. The Balaban J connectivity index is 0.00000470. The lowest BCUT2D eigenvalue weighted by Gasteiger charge is -2.46. The van der Waals surface area contributed by atoms with Crippen molar-refractivity contribution in [2.75, 3.05) is 39.7 Å². The van der Waals surface area contributed by atoms with Crippen molar-refractivity contribution in [2.24, 2.45) is 11.3 Å². The van der Waals surface area contributed by atoms with E-state index in [-0.39, 0.29) is 18.5 Å². The van der Waals surface area contributed by atoms with Gasteiger partial charge < -0.3 is 25.3 Å². The number of phenolic OH excluding ortho intramolecular Hbond substituents is 1. The largest absolute Gasteiger partial charge is 0.506 e. The third-order valence-corrected chi connectivity index (χ3v) is 8.23. The molecule has 1 aliphatic rings.